The highest BCUT2D eigenvalue weighted by Crippen LogP contribution is 2.38. The zero-order valence-corrected chi connectivity index (χ0v) is 15.4. The van der Waals surface area contributed by atoms with Gasteiger partial charge in [0.15, 0.2) is 0 Å². The summed E-state index contributed by atoms with van der Waals surface area (Å²) in [4.78, 5) is 2.37. The van der Waals surface area contributed by atoms with Crippen LogP contribution in [-0.2, 0) is 17.5 Å². The summed E-state index contributed by atoms with van der Waals surface area (Å²) in [5.41, 5.74) is 0.926. The van der Waals surface area contributed by atoms with Gasteiger partial charge in [-0.2, -0.15) is 13.2 Å². The van der Waals surface area contributed by atoms with E-state index in [2.05, 4.69) is 10.2 Å². The molecule has 0 bridgehead atoms. The Labute approximate surface area is 162 Å². The summed E-state index contributed by atoms with van der Waals surface area (Å²) < 4.78 is 50.9. The molecule has 0 saturated carbocycles. The molecule has 0 unspecified atom stereocenters. The maximum Gasteiger partial charge on any atom is 0.416 e. The molecule has 7 heteroatoms. The molecule has 0 aliphatic carbocycles. The van der Waals surface area contributed by atoms with Crippen molar-refractivity contribution in [2.45, 2.75) is 24.9 Å². The van der Waals surface area contributed by atoms with Gasteiger partial charge in [-0.15, -0.1) is 0 Å². The Morgan fingerprint density at radius 3 is 2.64 bits per heavy atom. The van der Waals surface area contributed by atoms with E-state index >= 15 is 0 Å². The lowest BCUT2D eigenvalue weighted by Crippen LogP contribution is -2.51. The molecule has 2 aliphatic heterocycles. The van der Waals surface area contributed by atoms with Crippen LogP contribution in [0.2, 0.25) is 0 Å². The lowest BCUT2D eigenvalue weighted by molar-refractivity contribution is -0.137. The van der Waals surface area contributed by atoms with E-state index in [0.29, 0.717) is 12.2 Å². The Balaban J connectivity index is 1.53. The third kappa shape index (κ3) is 4.16. The minimum atomic E-state index is -4.35. The summed E-state index contributed by atoms with van der Waals surface area (Å²) in [6.45, 7) is 4.08. The number of hydrogen-bond donors (Lipinski definition) is 1. The Morgan fingerprint density at radius 1 is 1.07 bits per heavy atom. The van der Waals surface area contributed by atoms with E-state index in [-0.39, 0.29) is 18.8 Å². The maximum absolute atomic E-state index is 13.0. The quantitative estimate of drug-likeness (QED) is 0.862. The molecule has 1 N–H and O–H groups in total. The molecule has 2 atom stereocenters. The van der Waals surface area contributed by atoms with Crippen molar-refractivity contribution in [2.24, 2.45) is 0 Å². The van der Waals surface area contributed by atoms with Crippen LogP contribution in [0.1, 0.15) is 22.7 Å². The molecule has 4 rings (SSSR count). The molecule has 0 spiro atoms. The molecular weight excluding hydrogens is 369 g/mol. The highest BCUT2D eigenvalue weighted by atomic mass is 19.4. The van der Waals surface area contributed by atoms with Crippen molar-refractivity contribution >= 4 is 0 Å². The second-order valence-electron chi connectivity index (χ2n) is 7.13. The summed E-state index contributed by atoms with van der Waals surface area (Å²) in [7, 11) is 0. The molecule has 2 aromatic carbocycles. The number of benzene rings is 2. The van der Waals surface area contributed by atoms with E-state index in [1.54, 1.807) is 6.07 Å². The van der Waals surface area contributed by atoms with E-state index < -0.39 is 11.7 Å². The Bertz CT molecular complexity index is 806. The smallest absolute Gasteiger partial charge is 0.416 e. The van der Waals surface area contributed by atoms with Crippen molar-refractivity contribution in [3.05, 3.63) is 65.2 Å². The van der Waals surface area contributed by atoms with Crippen molar-refractivity contribution in [2.75, 3.05) is 32.8 Å². The van der Waals surface area contributed by atoms with Gasteiger partial charge in [0.25, 0.3) is 0 Å². The van der Waals surface area contributed by atoms with Crippen LogP contribution in [0.25, 0.3) is 0 Å². The van der Waals surface area contributed by atoms with Crippen LogP contribution >= 0.6 is 0 Å². The molecule has 2 heterocycles. The van der Waals surface area contributed by atoms with Gasteiger partial charge in [-0.05, 0) is 23.8 Å². The van der Waals surface area contributed by atoms with E-state index in [4.69, 9.17) is 9.47 Å². The van der Waals surface area contributed by atoms with Gasteiger partial charge in [0.1, 0.15) is 18.5 Å². The van der Waals surface area contributed by atoms with Gasteiger partial charge in [0.05, 0.1) is 18.2 Å². The van der Waals surface area contributed by atoms with Gasteiger partial charge < -0.3 is 14.8 Å². The standard InChI is InChI=1S/C21H23F3N2O2/c22-21(23,24)16-5-3-4-15(12-16)13-27-19-14-28-18-7-2-1-6-17(18)20(19)26-10-8-25-9-11-26/h1-7,12,19-20,25H,8-11,13-14H2/t19-,20-/m1/s1. The fourth-order valence-corrected chi connectivity index (χ4v) is 3.89. The van der Waals surface area contributed by atoms with Gasteiger partial charge in [-0.25, -0.2) is 0 Å². The number of nitrogens with zero attached hydrogens (tertiary/aromatic N) is 1. The fraction of sp³-hybridized carbons (Fsp3) is 0.429. The van der Waals surface area contributed by atoms with E-state index in [1.165, 1.54) is 6.07 Å². The number of rotatable bonds is 4. The molecule has 4 nitrogen and oxygen atoms in total. The predicted octanol–water partition coefficient (Wildman–Crippen LogP) is 3.63. The van der Waals surface area contributed by atoms with Crippen molar-refractivity contribution < 1.29 is 22.6 Å². The SMILES string of the molecule is FC(F)(F)c1cccc(CO[C@@H]2COc3ccccc3[C@H]2N2CCNCC2)c1. The summed E-state index contributed by atoms with van der Waals surface area (Å²) in [5.74, 6) is 0.852. The average Bonchev–Trinajstić information content (AvgIpc) is 2.72. The van der Waals surface area contributed by atoms with Gasteiger partial charge in [-0.1, -0.05) is 30.3 Å². The summed E-state index contributed by atoms with van der Waals surface area (Å²) in [6, 6.07) is 13.2. The number of hydrogen-bond acceptors (Lipinski definition) is 4. The zero-order chi connectivity index (χ0) is 19.6. The summed E-state index contributed by atoms with van der Waals surface area (Å²) in [6.07, 6.45) is -4.60. The van der Waals surface area contributed by atoms with E-state index in [1.807, 2.05) is 24.3 Å². The maximum atomic E-state index is 13.0. The highest BCUT2D eigenvalue weighted by molar-refractivity contribution is 5.38. The summed E-state index contributed by atoms with van der Waals surface area (Å²) in [5, 5.41) is 3.35. The minimum absolute atomic E-state index is 0.0258. The Hall–Kier alpha value is -2.09. The van der Waals surface area contributed by atoms with Crippen LogP contribution in [-0.4, -0.2) is 43.8 Å². The third-order valence-corrected chi connectivity index (χ3v) is 5.26. The van der Waals surface area contributed by atoms with E-state index in [0.717, 1.165) is 49.6 Å². The Morgan fingerprint density at radius 2 is 1.86 bits per heavy atom. The Kier molecular flexibility index (Phi) is 5.57. The first-order chi connectivity index (χ1) is 13.5. The first-order valence-electron chi connectivity index (χ1n) is 9.46. The van der Waals surface area contributed by atoms with Gasteiger partial charge >= 0.3 is 6.18 Å². The number of alkyl halides is 3. The molecular formula is C21H23F3N2O2. The average molecular weight is 392 g/mol. The predicted molar refractivity (Wildman–Crippen MR) is 99.1 cm³/mol. The molecule has 28 heavy (non-hydrogen) atoms. The molecule has 1 saturated heterocycles. The molecule has 0 amide bonds. The highest BCUT2D eigenvalue weighted by Gasteiger charge is 2.36. The second-order valence-corrected chi connectivity index (χ2v) is 7.13. The van der Waals surface area contributed by atoms with Gasteiger partial charge in [0.2, 0.25) is 0 Å². The van der Waals surface area contributed by atoms with Crippen LogP contribution < -0.4 is 10.1 Å². The van der Waals surface area contributed by atoms with Crippen molar-refractivity contribution in [1.82, 2.24) is 10.2 Å². The fourth-order valence-electron chi connectivity index (χ4n) is 3.89. The molecule has 2 aromatic rings. The summed E-state index contributed by atoms with van der Waals surface area (Å²) >= 11 is 0. The van der Waals surface area contributed by atoms with Crippen molar-refractivity contribution in [3.63, 3.8) is 0 Å². The lowest BCUT2D eigenvalue weighted by atomic mass is 9.95. The largest absolute Gasteiger partial charge is 0.490 e. The van der Waals surface area contributed by atoms with Crippen LogP contribution in [0.15, 0.2) is 48.5 Å². The van der Waals surface area contributed by atoms with Crippen LogP contribution in [0.3, 0.4) is 0 Å². The molecule has 2 aliphatic rings. The number of para-hydroxylation sites is 1. The van der Waals surface area contributed by atoms with Gasteiger partial charge in [0, 0.05) is 31.7 Å². The van der Waals surface area contributed by atoms with Crippen LogP contribution in [0, 0.1) is 0 Å². The third-order valence-electron chi connectivity index (χ3n) is 5.26. The van der Waals surface area contributed by atoms with E-state index in [9.17, 15) is 13.2 Å². The zero-order valence-electron chi connectivity index (χ0n) is 15.4. The molecule has 0 aromatic heterocycles. The van der Waals surface area contributed by atoms with Crippen LogP contribution in [0.4, 0.5) is 13.2 Å². The lowest BCUT2D eigenvalue weighted by Gasteiger charge is -2.42. The normalized spacial score (nSPS) is 23.1. The number of fused-ring (bicyclic) bond motifs is 1. The number of piperazine rings is 1. The van der Waals surface area contributed by atoms with Crippen molar-refractivity contribution in [1.29, 1.82) is 0 Å². The minimum Gasteiger partial charge on any atom is -0.490 e. The number of halogens is 3. The molecule has 150 valence electrons. The number of nitrogens with one attached hydrogen (secondary N) is 1. The molecule has 0 radical (unpaired) electrons. The number of ether oxygens (including phenoxy) is 2. The monoisotopic (exact) mass is 392 g/mol. The van der Waals surface area contributed by atoms with Crippen molar-refractivity contribution in [3.8, 4) is 5.75 Å². The first kappa shape index (κ1) is 19.2. The van der Waals surface area contributed by atoms with Crippen LogP contribution in [0.5, 0.6) is 5.75 Å². The van der Waals surface area contributed by atoms with Gasteiger partial charge in [-0.3, -0.25) is 4.90 Å². The second kappa shape index (κ2) is 8.11. The first-order valence-corrected chi connectivity index (χ1v) is 9.46. The topological polar surface area (TPSA) is 33.7 Å². The molecule has 1 fully saturated rings.